The quantitative estimate of drug-likeness (QED) is 0.479. The lowest BCUT2D eigenvalue weighted by atomic mass is 10.1. The maximum atomic E-state index is 12.1. The Bertz CT molecular complexity index is 681. The third kappa shape index (κ3) is 5.66. The van der Waals surface area contributed by atoms with Gasteiger partial charge >= 0.3 is 6.36 Å². The topological polar surface area (TPSA) is 47.0 Å². The highest BCUT2D eigenvalue weighted by Gasteiger charge is 2.30. The summed E-state index contributed by atoms with van der Waals surface area (Å²) in [5.41, 5.74) is 1.63. The number of benzene rings is 1. The minimum Gasteiger partial charge on any atom is -0.406 e. The first-order chi connectivity index (χ1) is 11.3. The number of anilines is 1. The minimum atomic E-state index is -4.68. The number of alkyl halides is 4. The second-order valence-electron chi connectivity index (χ2n) is 4.91. The number of halogens is 5. The maximum absolute atomic E-state index is 12.1. The van der Waals surface area contributed by atoms with E-state index in [1.807, 2.05) is 6.92 Å². The van der Waals surface area contributed by atoms with E-state index in [2.05, 4.69) is 42.6 Å². The van der Waals surface area contributed by atoms with Crippen molar-refractivity contribution in [3.8, 4) is 5.75 Å². The summed E-state index contributed by atoms with van der Waals surface area (Å²) in [5, 5.41) is 2.96. The van der Waals surface area contributed by atoms with Crippen LogP contribution < -0.4 is 10.1 Å². The highest BCUT2D eigenvalue weighted by atomic mass is 127. The van der Waals surface area contributed by atoms with Gasteiger partial charge in [-0.25, -0.2) is 9.97 Å². The summed E-state index contributed by atoms with van der Waals surface area (Å²) >= 11 is 8.19. The fraction of sp³-hybridized carbons (Fsp3) is 0.333. The van der Waals surface area contributed by atoms with Gasteiger partial charge in [-0.2, -0.15) is 0 Å². The van der Waals surface area contributed by atoms with E-state index in [1.54, 1.807) is 12.1 Å². The van der Waals surface area contributed by atoms with Gasteiger partial charge in [-0.3, -0.25) is 0 Å². The Balaban J connectivity index is 1.92. The zero-order chi connectivity index (χ0) is 17.7. The second-order valence-corrected chi connectivity index (χ2v) is 6.64. The molecule has 0 saturated carbocycles. The van der Waals surface area contributed by atoms with E-state index in [9.17, 15) is 13.2 Å². The molecular weight excluding hydrogens is 458 g/mol. The van der Waals surface area contributed by atoms with Crippen molar-refractivity contribution >= 4 is 40.0 Å². The van der Waals surface area contributed by atoms with E-state index in [-0.39, 0.29) is 11.1 Å². The number of aromatic nitrogens is 2. The van der Waals surface area contributed by atoms with Crippen LogP contribution in [0.5, 0.6) is 5.75 Å². The number of rotatable bonds is 6. The van der Waals surface area contributed by atoms with Gasteiger partial charge in [0.2, 0.25) is 0 Å². The maximum Gasteiger partial charge on any atom is 0.573 e. The van der Waals surface area contributed by atoms with Gasteiger partial charge < -0.3 is 10.1 Å². The third-order valence-electron chi connectivity index (χ3n) is 3.06. The molecule has 0 saturated heterocycles. The molecule has 1 aromatic carbocycles. The number of nitrogens with zero attached hydrogens (tertiary/aromatic N) is 2. The van der Waals surface area contributed by atoms with Crippen molar-refractivity contribution < 1.29 is 17.9 Å². The first-order valence-electron chi connectivity index (χ1n) is 6.99. The van der Waals surface area contributed by atoms with Crippen LogP contribution in [0.25, 0.3) is 0 Å². The molecule has 1 atom stereocenters. The first-order valence-corrected chi connectivity index (χ1v) is 8.51. The Hall–Kier alpha value is -1.29. The van der Waals surface area contributed by atoms with Crippen molar-refractivity contribution in [1.29, 1.82) is 0 Å². The van der Waals surface area contributed by atoms with Gasteiger partial charge in [-0.05, 0) is 53.6 Å². The van der Waals surface area contributed by atoms with Crippen molar-refractivity contribution in [3.05, 3.63) is 45.4 Å². The van der Waals surface area contributed by atoms with Gasteiger partial charge in [-0.15, -0.1) is 24.8 Å². The monoisotopic (exact) mass is 471 g/mol. The van der Waals surface area contributed by atoms with Crippen molar-refractivity contribution in [1.82, 2.24) is 9.97 Å². The summed E-state index contributed by atoms with van der Waals surface area (Å²) in [6.07, 6.45) is -2.61. The Morgan fingerprint density at radius 1 is 1.25 bits per heavy atom. The summed E-state index contributed by atoms with van der Waals surface area (Å²) in [6.45, 7) is 2.41. The number of hydrogen-bond acceptors (Lipinski definition) is 4. The summed E-state index contributed by atoms with van der Waals surface area (Å²) in [4.78, 5) is 8.32. The smallest absolute Gasteiger partial charge is 0.406 e. The first kappa shape index (κ1) is 19.0. The molecule has 1 heterocycles. The Morgan fingerprint density at radius 2 is 1.92 bits per heavy atom. The molecular formula is C15H14ClF3IN3O. The molecule has 0 fully saturated rings. The lowest BCUT2D eigenvalue weighted by Gasteiger charge is -2.12. The predicted octanol–water partition coefficient (Wildman–Crippen LogP) is 4.93. The minimum absolute atomic E-state index is 0.221. The Morgan fingerprint density at radius 3 is 2.50 bits per heavy atom. The molecule has 4 nitrogen and oxygen atoms in total. The molecule has 0 aliphatic rings. The molecule has 130 valence electrons. The van der Waals surface area contributed by atoms with E-state index in [0.717, 1.165) is 14.8 Å². The fourth-order valence-electron chi connectivity index (χ4n) is 1.97. The van der Waals surface area contributed by atoms with Crippen LogP contribution in [0.2, 0.25) is 0 Å². The fourth-order valence-corrected chi connectivity index (χ4v) is 3.25. The Kier molecular flexibility index (Phi) is 6.50. The zero-order valence-electron chi connectivity index (χ0n) is 12.6. The average molecular weight is 472 g/mol. The van der Waals surface area contributed by atoms with Gasteiger partial charge in [0.1, 0.15) is 17.9 Å². The van der Waals surface area contributed by atoms with Gasteiger partial charge in [0.25, 0.3) is 0 Å². The van der Waals surface area contributed by atoms with E-state index in [0.29, 0.717) is 18.8 Å². The number of nitrogens with one attached hydrogen (secondary N) is 1. The van der Waals surface area contributed by atoms with Crippen LogP contribution in [0.15, 0.2) is 30.6 Å². The molecule has 1 aromatic heterocycles. The second kappa shape index (κ2) is 8.19. The molecule has 0 bridgehead atoms. The molecule has 1 unspecified atom stereocenters. The van der Waals surface area contributed by atoms with Crippen LogP contribution >= 0.6 is 34.2 Å². The molecule has 0 spiro atoms. The van der Waals surface area contributed by atoms with Gasteiger partial charge in [0.05, 0.1) is 14.6 Å². The summed E-state index contributed by atoms with van der Waals surface area (Å²) < 4.78 is 41.0. The van der Waals surface area contributed by atoms with Crippen LogP contribution in [0.1, 0.15) is 23.6 Å². The summed E-state index contributed by atoms with van der Waals surface area (Å²) in [7, 11) is 0. The van der Waals surface area contributed by atoms with Gasteiger partial charge in [-0.1, -0.05) is 12.1 Å². The summed E-state index contributed by atoms with van der Waals surface area (Å²) in [6, 6.07) is 5.79. The highest BCUT2D eigenvalue weighted by molar-refractivity contribution is 14.1. The molecule has 1 N–H and O–H groups in total. The molecule has 2 rings (SSSR count). The molecule has 0 amide bonds. The van der Waals surface area contributed by atoms with Crippen molar-refractivity contribution in [2.75, 3.05) is 11.9 Å². The molecule has 0 aliphatic carbocycles. The SMILES string of the molecule is CC(Cl)c1ncnc(NCCc2ccc(OC(F)(F)F)cc2)c1I. The van der Waals surface area contributed by atoms with Crippen LogP contribution in [0.3, 0.4) is 0 Å². The highest BCUT2D eigenvalue weighted by Crippen LogP contribution is 2.26. The normalized spacial score (nSPS) is 12.8. The number of hydrogen-bond donors (Lipinski definition) is 1. The average Bonchev–Trinajstić information content (AvgIpc) is 2.49. The molecule has 24 heavy (non-hydrogen) atoms. The van der Waals surface area contributed by atoms with Crippen LogP contribution in [-0.4, -0.2) is 22.9 Å². The number of ether oxygens (including phenoxy) is 1. The van der Waals surface area contributed by atoms with Crippen LogP contribution in [0, 0.1) is 3.57 Å². The van der Waals surface area contributed by atoms with Crippen molar-refractivity contribution in [2.45, 2.75) is 25.1 Å². The third-order valence-corrected chi connectivity index (χ3v) is 4.33. The lowest BCUT2D eigenvalue weighted by Crippen LogP contribution is -2.17. The van der Waals surface area contributed by atoms with Crippen LogP contribution in [-0.2, 0) is 6.42 Å². The van der Waals surface area contributed by atoms with E-state index < -0.39 is 6.36 Å². The van der Waals surface area contributed by atoms with Crippen molar-refractivity contribution in [3.63, 3.8) is 0 Å². The van der Waals surface area contributed by atoms with Gasteiger partial charge in [0, 0.05) is 6.54 Å². The van der Waals surface area contributed by atoms with E-state index >= 15 is 0 Å². The molecule has 2 aromatic rings. The van der Waals surface area contributed by atoms with Crippen molar-refractivity contribution in [2.24, 2.45) is 0 Å². The largest absolute Gasteiger partial charge is 0.573 e. The van der Waals surface area contributed by atoms with E-state index in [4.69, 9.17) is 11.6 Å². The standard InChI is InChI=1S/C15H14ClF3IN3O/c1-9(16)13-12(20)14(23-8-22-13)21-7-6-10-2-4-11(5-3-10)24-15(17,18)19/h2-5,8-9H,6-7H2,1H3,(H,21,22,23). The lowest BCUT2D eigenvalue weighted by molar-refractivity contribution is -0.274. The zero-order valence-corrected chi connectivity index (χ0v) is 15.5. The molecule has 0 aliphatic heterocycles. The van der Waals surface area contributed by atoms with E-state index in [1.165, 1.54) is 18.5 Å². The summed E-state index contributed by atoms with van der Waals surface area (Å²) in [5.74, 6) is 0.454. The van der Waals surface area contributed by atoms with Gasteiger partial charge in [0.15, 0.2) is 0 Å². The van der Waals surface area contributed by atoms with Crippen LogP contribution in [0.4, 0.5) is 19.0 Å². The molecule has 0 radical (unpaired) electrons. The molecule has 9 heteroatoms. The Labute approximate surface area is 155 Å². The predicted molar refractivity (Wildman–Crippen MR) is 94.3 cm³/mol.